The second kappa shape index (κ2) is 11.7. The van der Waals surface area contributed by atoms with Gasteiger partial charge in [0.25, 0.3) is 5.91 Å². The lowest BCUT2D eigenvalue weighted by Gasteiger charge is -2.61. The van der Waals surface area contributed by atoms with Crippen molar-refractivity contribution in [1.82, 2.24) is 5.32 Å². The molecule has 226 valence electrons. The van der Waals surface area contributed by atoms with E-state index in [1.165, 1.54) is 11.8 Å². The van der Waals surface area contributed by atoms with Crippen molar-refractivity contribution in [2.24, 2.45) is 34.0 Å². The van der Waals surface area contributed by atoms with E-state index in [9.17, 15) is 19.5 Å². The van der Waals surface area contributed by atoms with Gasteiger partial charge >= 0.3 is 5.97 Å². The molecular formula is C33H46ClNO5S. The summed E-state index contributed by atoms with van der Waals surface area (Å²) in [6, 6.07) is 6.89. The van der Waals surface area contributed by atoms with Crippen molar-refractivity contribution < 1.29 is 24.2 Å². The number of carbonyl (C=O) groups is 3. The average Bonchev–Trinajstić information content (AvgIpc) is 3.29. The van der Waals surface area contributed by atoms with Gasteiger partial charge in [-0.1, -0.05) is 57.5 Å². The Balaban J connectivity index is 1.51. The van der Waals surface area contributed by atoms with Crippen LogP contribution in [0.3, 0.4) is 0 Å². The van der Waals surface area contributed by atoms with Crippen LogP contribution in [0.4, 0.5) is 0 Å². The molecule has 2 bridgehead atoms. The molecular weight excluding hydrogens is 558 g/mol. The summed E-state index contributed by atoms with van der Waals surface area (Å²) < 4.78 is 5.90. The van der Waals surface area contributed by atoms with Gasteiger partial charge in [0.1, 0.15) is 11.9 Å². The number of Topliss-reactive ketones (excluding diaryl/α,β-unsaturated/α-hetero) is 1. The highest BCUT2D eigenvalue weighted by atomic mass is 35.5. The third kappa shape index (κ3) is 5.75. The molecule has 1 aromatic carbocycles. The van der Waals surface area contributed by atoms with Gasteiger partial charge in [-0.2, -0.15) is 0 Å². The second-order valence-electron chi connectivity index (χ2n) is 13.8. The molecule has 0 radical (unpaired) electrons. The van der Waals surface area contributed by atoms with Crippen molar-refractivity contribution in [3.63, 3.8) is 0 Å². The molecule has 0 saturated heterocycles. The number of rotatable bonds is 8. The topological polar surface area (TPSA) is 92.7 Å². The molecule has 1 aromatic rings. The summed E-state index contributed by atoms with van der Waals surface area (Å²) in [4.78, 5) is 39.7. The van der Waals surface area contributed by atoms with Gasteiger partial charge in [0.2, 0.25) is 0 Å². The van der Waals surface area contributed by atoms with Crippen LogP contribution >= 0.6 is 23.4 Å². The van der Waals surface area contributed by atoms with Crippen molar-refractivity contribution in [2.45, 2.75) is 90.6 Å². The van der Waals surface area contributed by atoms with Crippen LogP contribution < -0.4 is 5.32 Å². The molecule has 3 saturated carbocycles. The molecule has 2 N–H and O–H groups in total. The van der Waals surface area contributed by atoms with Crippen LogP contribution in [0.25, 0.3) is 0 Å². The van der Waals surface area contributed by atoms with Gasteiger partial charge in [-0.3, -0.25) is 14.4 Å². The highest BCUT2D eigenvalue weighted by Crippen LogP contribution is 2.68. The van der Waals surface area contributed by atoms with E-state index in [2.05, 4.69) is 32.7 Å². The number of hydrogen-bond acceptors (Lipinski definition) is 6. The summed E-state index contributed by atoms with van der Waals surface area (Å²) in [5, 5.41) is 15.0. The number of aliphatic hydroxyl groups excluding tert-OH is 1. The van der Waals surface area contributed by atoms with Gasteiger partial charge in [0, 0.05) is 34.5 Å². The van der Waals surface area contributed by atoms with E-state index in [4.69, 9.17) is 16.3 Å². The zero-order valence-corrected chi connectivity index (χ0v) is 26.9. The average molecular weight is 604 g/mol. The van der Waals surface area contributed by atoms with Crippen molar-refractivity contribution in [3.05, 3.63) is 47.5 Å². The quantitative estimate of drug-likeness (QED) is 0.261. The van der Waals surface area contributed by atoms with Crippen LogP contribution in [0.2, 0.25) is 5.02 Å². The van der Waals surface area contributed by atoms with E-state index in [1.54, 1.807) is 24.3 Å². The first-order valence-corrected chi connectivity index (χ1v) is 16.2. The molecule has 3 aliphatic rings. The predicted molar refractivity (Wildman–Crippen MR) is 165 cm³/mol. The van der Waals surface area contributed by atoms with E-state index in [0.29, 0.717) is 30.0 Å². The minimum atomic E-state index is -0.692. The highest BCUT2D eigenvalue weighted by Gasteiger charge is 2.68. The van der Waals surface area contributed by atoms with Crippen LogP contribution in [-0.2, 0) is 14.3 Å². The van der Waals surface area contributed by atoms with E-state index in [1.807, 2.05) is 26.8 Å². The molecule has 8 heteroatoms. The Hall–Kier alpha value is -1.83. The first-order chi connectivity index (χ1) is 19.1. The number of aliphatic hydroxyl groups is 1. The summed E-state index contributed by atoms with van der Waals surface area (Å²) in [6.45, 7) is 16.8. The molecule has 8 atom stereocenters. The fourth-order valence-electron chi connectivity index (χ4n) is 8.03. The van der Waals surface area contributed by atoms with Gasteiger partial charge in [-0.05, 0) is 68.9 Å². The molecule has 0 aliphatic heterocycles. The van der Waals surface area contributed by atoms with Crippen molar-refractivity contribution >= 4 is 41.0 Å². The van der Waals surface area contributed by atoms with Gasteiger partial charge < -0.3 is 15.2 Å². The first-order valence-electron chi connectivity index (χ1n) is 14.8. The fourth-order valence-corrected chi connectivity index (χ4v) is 9.01. The largest absolute Gasteiger partial charge is 0.461 e. The van der Waals surface area contributed by atoms with Crippen molar-refractivity contribution in [1.29, 1.82) is 0 Å². The molecule has 3 fully saturated rings. The Bertz CT molecular complexity index is 1200. The summed E-state index contributed by atoms with van der Waals surface area (Å²) >= 11 is 7.58. The maximum atomic E-state index is 13.6. The van der Waals surface area contributed by atoms with Crippen molar-refractivity contribution in [3.8, 4) is 0 Å². The van der Waals surface area contributed by atoms with Crippen LogP contribution in [0, 0.1) is 34.0 Å². The van der Waals surface area contributed by atoms with E-state index < -0.39 is 27.8 Å². The molecule has 0 unspecified atom stereocenters. The van der Waals surface area contributed by atoms with Crippen LogP contribution in [0.15, 0.2) is 36.9 Å². The van der Waals surface area contributed by atoms with Gasteiger partial charge in [-0.25, -0.2) is 0 Å². The smallest absolute Gasteiger partial charge is 0.316 e. The third-order valence-electron chi connectivity index (χ3n) is 10.9. The lowest BCUT2D eigenvalue weighted by Crippen LogP contribution is -2.63. The second-order valence-corrected chi connectivity index (χ2v) is 15.9. The number of halogens is 1. The number of nitrogens with one attached hydrogen (secondary N) is 1. The fraction of sp³-hybridized carbons (Fsp3) is 0.667. The molecule has 0 heterocycles. The summed E-state index contributed by atoms with van der Waals surface area (Å²) in [5.41, 5.74) is -1.10. The summed E-state index contributed by atoms with van der Waals surface area (Å²) in [5.74, 6) is -0.407. The highest BCUT2D eigenvalue weighted by molar-refractivity contribution is 8.01. The minimum absolute atomic E-state index is 0.0669. The molecule has 41 heavy (non-hydrogen) atoms. The number of esters is 1. The monoisotopic (exact) mass is 603 g/mol. The molecule has 1 amide bonds. The number of ether oxygens (including phenoxy) is 1. The number of hydrogen-bond donors (Lipinski definition) is 2. The molecule has 3 aliphatic carbocycles. The van der Waals surface area contributed by atoms with E-state index >= 15 is 0 Å². The molecule has 0 spiro atoms. The maximum absolute atomic E-state index is 13.6. The van der Waals surface area contributed by atoms with E-state index in [0.717, 1.165) is 19.3 Å². The molecule has 4 rings (SSSR count). The van der Waals surface area contributed by atoms with Crippen LogP contribution in [0.1, 0.15) is 84.0 Å². The molecule has 0 aromatic heterocycles. The van der Waals surface area contributed by atoms with Crippen LogP contribution in [0.5, 0.6) is 0 Å². The lowest BCUT2D eigenvalue weighted by atomic mass is 9.44. The minimum Gasteiger partial charge on any atom is -0.461 e. The number of thioether (sulfide) groups is 1. The predicted octanol–water partition coefficient (Wildman–Crippen LogP) is 6.49. The Kier molecular flexibility index (Phi) is 9.15. The Morgan fingerprint density at radius 1 is 1.24 bits per heavy atom. The Morgan fingerprint density at radius 3 is 2.59 bits per heavy atom. The standard InChI is InChI=1S/C33H46ClNO5S/c1-8-31(6)17-25(32(7)20(2)13-15-33(21(3)28(31)38)16-14-24(36)27(32)33)40-26(37)18-41-30(4,5)19-35-29(39)22-11-9-10-12-23(22)34/h8-12,20-21,25,27-28,38H,1,13-19H2,2-7H3,(H,35,39)/t20-,21+,25-,27+,28+,31-,32+,33+/m1/s1. The number of benzene rings is 1. The normalized spacial score (nSPS) is 37.0. The number of carbonyl (C=O) groups excluding carboxylic acids is 3. The number of amides is 1. The zero-order chi connectivity index (χ0) is 30.4. The first kappa shape index (κ1) is 32.1. The van der Waals surface area contributed by atoms with Gasteiger partial charge in [0.15, 0.2) is 0 Å². The summed E-state index contributed by atoms with van der Waals surface area (Å²) in [7, 11) is 0. The van der Waals surface area contributed by atoms with Gasteiger partial charge in [-0.15, -0.1) is 18.3 Å². The Labute approximate surface area is 254 Å². The van der Waals surface area contributed by atoms with Crippen LogP contribution in [-0.4, -0.2) is 52.0 Å². The zero-order valence-electron chi connectivity index (χ0n) is 25.3. The van der Waals surface area contributed by atoms with E-state index in [-0.39, 0.29) is 46.6 Å². The number of ketones is 1. The van der Waals surface area contributed by atoms with Gasteiger partial charge in [0.05, 0.1) is 22.4 Å². The maximum Gasteiger partial charge on any atom is 0.316 e. The van der Waals surface area contributed by atoms with Crippen molar-refractivity contribution in [2.75, 3.05) is 12.3 Å². The molecule has 6 nitrogen and oxygen atoms in total. The summed E-state index contributed by atoms with van der Waals surface area (Å²) in [6.07, 6.45) is 4.11. The lowest BCUT2D eigenvalue weighted by molar-refractivity contribution is -0.205. The third-order valence-corrected chi connectivity index (χ3v) is 12.6. The Morgan fingerprint density at radius 2 is 1.93 bits per heavy atom. The SMILES string of the molecule is C=C[C@]1(C)C[C@@H](OC(=O)CSC(C)(C)CNC(=O)c2ccccc2Cl)[C@]2(C)[C@H](C)CC[C@]3(CCC(=O)[C@H]32)[C@@H](C)[C@@H]1O.